The maximum atomic E-state index is 14.3. The first kappa shape index (κ1) is 27.3. The second-order valence-corrected chi connectivity index (χ2v) is 10.2. The average Bonchev–Trinajstić information content (AvgIpc) is 2.99. The minimum atomic E-state index is -3.35. The summed E-state index contributed by atoms with van der Waals surface area (Å²) in [6.45, 7) is 6.16. The van der Waals surface area contributed by atoms with Gasteiger partial charge in [0.05, 0.1) is 16.0 Å². The van der Waals surface area contributed by atoms with Gasteiger partial charge in [-0.05, 0) is 66.9 Å². The van der Waals surface area contributed by atoms with E-state index in [9.17, 15) is 18.4 Å². The van der Waals surface area contributed by atoms with Crippen LogP contribution < -0.4 is 4.72 Å². The summed E-state index contributed by atoms with van der Waals surface area (Å²) in [4.78, 5) is 38.8. The van der Waals surface area contributed by atoms with Crippen LogP contribution in [-0.2, 0) is 5.92 Å². The Balaban J connectivity index is 1.22. The van der Waals surface area contributed by atoms with Crippen molar-refractivity contribution < 1.29 is 18.4 Å². The van der Waals surface area contributed by atoms with Crippen LogP contribution in [0.3, 0.4) is 0 Å². The highest BCUT2D eigenvalue weighted by atomic mass is 32.2. The quantitative estimate of drug-likeness (QED) is 0.223. The molecule has 1 N–H and O–H groups in total. The molecular weight excluding hydrogens is 532 g/mol. The number of halogens is 2. The van der Waals surface area contributed by atoms with Crippen molar-refractivity contribution in [3.8, 4) is 0 Å². The van der Waals surface area contributed by atoms with Crippen LogP contribution in [0.5, 0.6) is 0 Å². The smallest absolute Gasteiger partial charge is 0.292 e. The number of pyridine rings is 2. The standard InChI is InChI=1S/C30H27F2N5O2S/c1-3-30(31,32)24-11-13-33-19-23(24)29(39)37-16-14-36(15-17-37)28(38)22-9-10-25(20(2)18-22)35-40-26-8-4-6-21-7-5-12-34-27(21)26/h3-13,18-19,35H,1,14-17H2,2H3. The van der Waals surface area contributed by atoms with Crippen molar-refractivity contribution >= 4 is 40.4 Å². The first-order chi connectivity index (χ1) is 19.3. The van der Waals surface area contributed by atoms with Gasteiger partial charge in [0.15, 0.2) is 0 Å². The fourth-order valence-electron chi connectivity index (χ4n) is 4.61. The van der Waals surface area contributed by atoms with Crippen LogP contribution in [-0.4, -0.2) is 57.8 Å². The zero-order valence-electron chi connectivity index (χ0n) is 21.8. The third-order valence-electron chi connectivity index (χ3n) is 6.86. The lowest BCUT2D eigenvalue weighted by Crippen LogP contribution is -2.50. The van der Waals surface area contributed by atoms with Gasteiger partial charge < -0.3 is 14.5 Å². The predicted molar refractivity (Wildman–Crippen MR) is 153 cm³/mol. The van der Waals surface area contributed by atoms with Crippen molar-refractivity contribution in [1.29, 1.82) is 0 Å². The number of amides is 2. The Morgan fingerprint density at radius 3 is 2.45 bits per heavy atom. The number of nitrogens with zero attached hydrogens (tertiary/aromatic N) is 4. The van der Waals surface area contributed by atoms with Crippen molar-refractivity contribution in [2.45, 2.75) is 17.7 Å². The molecule has 2 amide bonds. The zero-order chi connectivity index (χ0) is 28.3. The van der Waals surface area contributed by atoms with Crippen LogP contribution in [0.4, 0.5) is 14.5 Å². The number of fused-ring (bicyclic) bond motifs is 1. The summed E-state index contributed by atoms with van der Waals surface area (Å²) >= 11 is 1.46. The minimum absolute atomic E-state index is 0.145. The first-order valence-corrected chi connectivity index (χ1v) is 13.5. The number of allylic oxidation sites excluding steroid dienone is 1. The number of carbonyl (C=O) groups is 2. The summed E-state index contributed by atoms with van der Waals surface area (Å²) in [5.74, 6) is -4.04. The van der Waals surface area contributed by atoms with Crippen LogP contribution in [0, 0.1) is 6.92 Å². The Morgan fingerprint density at radius 1 is 1.00 bits per heavy atom. The fourth-order valence-corrected chi connectivity index (χ4v) is 5.47. The molecule has 5 rings (SSSR count). The summed E-state index contributed by atoms with van der Waals surface area (Å²) in [5, 5.41) is 1.06. The number of hydrogen-bond donors (Lipinski definition) is 1. The van der Waals surface area contributed by atoms with Gasteiger partial charge in [-0.25, -0.2) is 0 Å². The normalized spacial score (nSPS) is 13.8. The second kappa shape index (κ2) is 11.4. The molecule has 0 aliphatic carbocycles. The van der Waals surface area contributed by atoms with Gasteiger partial charge >= 0.3 is 0 Å². The molecule has 2 aromatic heterocycles. The van der Waals surface area contributed by atoms with E-state index in [0.29, 0.717) is 24.7 Å². The summed E-state index contributed by atoms with van der Waals surface area (Å²) in [7, 11) is 0. The number of carbonyl (C=O) groups excluding carboxylic acids is 2. The number of alkyl halides is 2. The Hall–Kier alpha value is -4.31. The molecule has 0 radical (unpaired) electrons. The number of anilines is 1. The van der Waals surface area contributed by atoms with Gasteiger partial charge in [0.2, 0.25) is 0 Å². The topological polar surface area (TPSA) is 78.4 Å². The molecule has 3 heterocycles. The molecule has 1 fully saturated rings. The van der Waals surface area contributed by atoms with Crippen LogP contribution in [0.2, 0.25) is 0 Å². The number of hydrogen-bond acceptors (Lipinski definition) is 6. The van der Waals surface area contributed by atoms with Crippen molar-refractivity contribution in [3.05, 3.63) is 108 Å². The van der Waals surface area contributed by atoms with Crippen LogP contribution in [0.25, 0.3) is 10.9 Å². The third-order valence-corrected chi connectivity index (χ3v) is 7.73. The van der Waals surface area contributed by atoms with Gasteiger partial charge in [0.1, 0.15) is 0 Å². The van der Waals surface area contributed by atoms with E-state index in [0.717, 1.165) is 39.3 Å². The van der Waals surface area contributed by atoms with E-state index in [1.54, 1.807) is 17.2 Å². The monoisotopic (exact) mass is 559 g/mol. The van der Waals surface area contributed by atoms with Gasteiger partial charge in [-0.2, -0.15) is 8.78 Å². The fraction of sp³-hybridized carbons (Fsp3) is 0.200. The lowest BCUT2D eigenvalue weighted by Gasteiger charge is -2.35. The van der Waals surface area contributed by atoms with E-state index in [1.165, 1.54) is 23.0 Å². The van der Waals surface area contributed by atoms with Gasteiger partial charge in [-0.15, -0.1) is 0 Å². The van der Waals surface area contributed by atoms with E-state index in [4.69, 9.17) is 0 Å². The molecule has 4 aromatic rings. The molecule has 1 saturated heterocycles. The molecule has 0 atom stereocenters. The zero-order valence-corrected chi connectivity index (χ0v) is 22.6. The van der Waals surface area contributed by atoms with E-state index in [-0.39, 0.29) is 24.6 Å². The summed E-state index contributed by atoms with van der Waals surface area (Å²) in [6.07, 6.45) is 4.66. The van der Waals surface area contributed by atoms with E-state index in [1.807, 2.05) is 49.4 Å². The predicted octanol–water partition coefficient (Wildman–Crippen LogP) is 5.93. The molecule has 40 heavy (non-hydrogen) atoms. The van der Waals surface area contributed by atoms with Crippen LogP contribution >= 0.6 is 11.9 Å². The molecule has 1 aliphatic rings. The number of aryl methyl sites for hydroxylation is 1. The third kappa shape index (κ3) is 5.53. The molecule has 204 valence electrons. The van der Waals surface area contributed by atoms with Crippen molar-refractivity contribution in [2.24, 2.45) is 0 Å². The highest BCUT2D eigenvalue weighted by molar-refractivity contribution is 8.00. The van der Waals surface area contributed by atoms with Crippen LogP contribution in [0.1, 0.15) is 31.8 Å². The Kier molecular flexibility index (Phi) is 7.79. The Morgan fingerprint density at radius 2 is 1.73 bits per heavy atom. The highest BCUT2D eigenvalue weighted by Gasteiger charge is 2.34. The summed E-state index contributed by atoms with van der Waals surface area (Å²) in [6, 6.07) is 16.6. The van der Waals surface area contributed by atoms with E-state index >= 15 is 0 Å². The molecule has 0 unspecified atom stereocenters. The minimum Gasteiger partial charge on any atom is -0.335 e. The van der Waals surface area contributed by atoms with Gasteiger partial charge in [0, 0.05) is 67.0 Å². The number of rotatable bonds is 7. The largest absolute Gasteiger partial charge is 0.335 e. The first-order valence-electron chi connectivity index (χ1n) is 12.7. The van der Waals surface area contributed by atoms with Gasteiger partial charge in [-0.3, -0.25) is 19.6 Å². The molecule has 0 saturated carbocycles. The molecule has 7 nitrogen and oxygen atoms in total. The second-order valence-electron chi connectivity index (χ2n) is 9.40. The Bertz CT molecular complexity index is 1580. The van der Waals surface area contributed by atoms with Crippen molar-refractivity contribution in [1.82, 2.24) is 19.8 Å². The number of benzene rings is 2. The highest BCUT2D eigenvalue weighted by Crippen LogP contribution is 2.32. The molecular formula is C30H27F2N5O2S. The average molecular weight is 560 g/mol. The molecule has 0 spiro atoms. The Labute approximate surface area is 235 Å². The number of para-hydroxylation sites is 1. The summed E-state index contributed by atoms with van der Waals surface area (Å²) < 4.78 is 32.0. The van der Waals surface area contributed by atoms with Gasteiger partial charge in [-0.1, -0.05) is 24.8 Å². The maximum Gasteiger partial charge on any atom is 0.292 e. The van der Waals surface area contributed by atoms with E-state index < -0.39 is 17.4 Å². The molecule has 10 heteroatoms. The van der Waals surface area contributed by atoms with Gasteiger partial charge in [0.25, 0.3) is 17.7 Å². The number of aromatic nitrogens is 2. The van der Waals surface area contributed by atoms with Crippen LogP contribution in [0.15, 0.2) is 90.7 Å². The number of nitrogens with one attached hydrogen (secondary N) is 1. The van der Waals surface area contributed by atoms with Crippen molar-refractivity contribution in [2.75, 3.05) is 30.9 Å². The maximum absolute atomic E-state index is 14.3. The SMILES string of the molecule is C=CC(F)(F)c1ccncc1C(=O)N1CCN(C(=O)c2ccc(NSc3cccc4cccnc34)c(C)c2)CC1. The molecule has 2 aromatic carbocycles. The molecule has 1 aliphatic heterocycles. The van der Waals surface area contributed by atoms with E-state index in [2.05, 4.69) is 21.3 Å². The molecule has 0 bridgehead atoms. The number of piperazine rings is 1. The lowest BCUT2D eigenvalue weighted by atomic mass is 10.0. The summed E-state index contributed by atoms with van der Waals surface area (Å²) in [5.41, 5.74) is 2.66. The lowest BCUT2D eigenvalue weighted by molar-refractivity contribution is 0.0452. The van der Waals surface area contributed by atoms with Crippen molar-refractivity contribution in [3.63, 3.8) is 0 Å².